The van der Waals surface area contributed by atoms with Gasteiger partial charge in [0, 0.05) is 23.4 Å². The van der Waals surface area contributed by atoms with E-state index in [1.807, 2.05) is 54.8 Å². The Bertz CT molecular complexity index is 762. The van der Waals surface area contributed by atoms with Gasteiger partial charge in [-0.2, -0.15) is 0 Å². The highest BCUT2D eigenvalue weighted by molar-refractivity contribution is 7.98. The number of benzene rings is 2. The fraction of sp³-hybridized carbons (Fsp3) is 0.222. The number of thioether (sulfide) groups is 1. The molecule has 4 nitrogen and oxygen atoms in total. The lowest BCUT2D eigenvalue weighted by Crippen LogP contribution is -2.24. The summed E-state index contributed by atoms with van der Waals surface area (Å²) in [5, 5.41) is 2.95. The predicted octanol–water partition coefficient (Wildman–Crippen LogP) is 3.65. The molecule has 5 heteroatoms. The molecule has 0 aliphatic heterocycles. The monoisotopic (exact) mass is 325 g/mol. The van der Waals surface area contributed by atoms with Gasteiger partial charge in [0.15, 0.2) is 0 Å². The Morgan fingerprint density at radius 3 is 2.70 bits per heavy atom. The number of aryl methyl sites for hydroxylation is 1. The van der Waals surface area contributed by atoms with Gasteiger partial charge in [0.25, 0.3) is 5.91 Å². The number of nitrogens with zero attached hydrogens (tertiary/aromatic N) is 1. The molecular weight excluding hydrogens is 306 g/mol. The molecule has 0 aliphatic carbocycles. The number of hydrogen-bond acceptors (Lipinski definition) is 3. The average molecular weight is 325 g/mol. The molecule has 2 aromatic carbocycles. The van der Waals surface area contributed by atoms with Crippen LogP contribution in [0.25, 0.3) is 11.0 Å². The fourth-order valence-corrected chi connectivity index (χ4v) is 2.83. The molecule has 118 valence electrons. The standard InChI is InChI=1S/C18H19N3OS/c1-23-14-10-8-13(9-11-14)18(22)19-12-4-7-17-20-15-5-2-3-6-16(15)21-17/h2-3,5-6,8-11H,4,7,12H2,1H3,(H,19,22)(H,20,21). The molecule has 0 fully saturated rings. The van der Waals surface area contributed by atoms with Gasteiger partial charge in [-0.15, -0.1) is 11.8 Å². The Labute approximate surface area is 139 Å². The molecule has 0 bridgehead atoms. The van der Waals surface area contributed by atoms with Crippen LogP contribution in [-0.2, 0) is 6.42 Å². The molecule has 0 aliphatic rings. The lowest BCUT2D eigenvalue weighted by atomic mass is 10.2. The number of aromatic amines is 1. The minimum atomic E-state index is -0.0257. The van der Waals surface area contributed by atoms with Crippen molar-refractivity contribution in [3.8, 4) is 0 Å². The summed E-state index contributed by atoms with van der Waals surface area (Å²) in [5.41, 5.74) is 2.74. The number of carbonyl (C=O) groups excluding carboxylic acids is 1. The fourth-order valence-electron chi connectivity index (χ4n) is 2.43. The Morgan fingerprint density at radius 2 is 1.96 bits per heavy atom. The summed E-state index contributed by atoms with van der Waals surface area (Å²) in [5.74, 6) is 0.937. The Morgan fingerprint density at radius 1 is 1.17 bits per heavy atom. The third kappa shape index (κ3) is 3.93. The molecule has 0 saturated heterocycles. The van der Waals surface area contributed by atoms with Crippen LogP contribution in [0, 0.1) is 0 Å². The first-order chi connectivity index (χ1) is 11.3. The predicted molar refractivity (Wildman–Crippen MR) is 95.0 cm³/mol. The number of hydrogen-bond donors (Lipinski definition) is 2. The number of carbonyl (C=O) groups is 1. The van der Waals surface area contributed by atoms with Crippen LogP contribution in [-0.4, -0.2) is 28.7 Å². The highest BCUT2D eigenvalue weighted by atomic mass is 32.2. The van der Waals surface area contributed by atoms with Gasteiger partial charge in [-0.3, -0.25) is 4.79 Å². The van der Waals surface area contributed by atoms with Crippen LogP contribution in [0.3, 0.4) is 0 Å². The van der Waals surface area contributed by atoms with Crippen molar-refractivity contribution in [2.24, 2.45) is 0 Å². The molecule has 0 atom stereocenters. The zero-order chi connectivity index (χ0) is 16.1. The van der Waals surface area contributed by atoms with Gasteiger partial charge in [0.05, 0.1) is 11.0 Å². The smallest absolute Gasteiger partial charge is 0.251 e. The molecule has 3 rings (SSSR count). The summed E-state index contributed by atoms with van der Waals surface area (Å²) >= 11 is 1.67. The first kappa shape index (κ1) is 15.6. The second-order valence-electron chi connectivity index (χ2n) is 5.29. The number of rotatable bonds is 6. The quantitative estimate of drug-likeness (QED) is 0.537. The summed E-state index contributed by atoms with van der Waals surface area (Å²) < 4.78 is 0. The number of nitrogens with one attached hydrogen (secondary N) is 2. The minimum absolute atomic E-state index is 0.0257. The van der Waals surface area contributed by atoms with Gasteiger partial charge in [-0.25, -0.2) is 4.98 Å². The van der Waals surface area contributed by atoms with E-state index in [-0.39, 0.29) is 5.91 Å². The molecule has 0 radical (unpaired) electrons. The van der Waals surface area contributed by atoms with Gasteiger partial charge >= 0.3 is 0 Å². The lowest BCUT2D eigenvalue weighted by Gasteiger charge is -2.05. The van der Waals surface area contributed by atoms with Crippen molar-refractivity contribution in [2.75, 3.05) is 12.8 Å². The van der Waals surface area contributed by atoms with E-state index in [1.54, 1.807) is 11.8 Å². The number of H-pyrrole nitrogens is 1. The van der Waals surface area contributed by atoms with E-state index in [0.717, 1.165) is 34.6 Å². The summed E-state index contributed by atoms with van der Waals surface area (Å²) in [6, 6.07) is 15.6. The van der Waals surface area contributed by atoms with Gasteiger partial charge in [0.1, 0.15) is 5.82 Å². The second kappa shape index (κ2) is 7.33. The average Bonchev–Trinajstić information content (AvgIpc) is 3.01. The van der Waals surface area contributed by atoms with Crippen molar-refractivity contribution in [1.29, 1.82) is 0 Å². The Balaban J connectivity index is 1.47. The normalized spacial score (nSPS) is 10.8. The van der Waals surface area contributed by atoms with E-state index in [4.69, 9.17) is 0 Å². The zero-order valence-electron chi connectivity index (χ0n) is 13.0. The Kier molecular flexibility index (Phi) is 4.98. The molecule has 23 heavy (non-hydrogen) atoms. The van der Waals surface area contributed by atoms with Crippen LogP contribution < -0.4 is 5.32 Å². The number of fused-ring (bicyclic) bond motifs is 1. The topological polar surface area (TPSA) is 57.8 Å². The van der Waals surface area contributed by atoms with E-state index in [0.29, 0.717) is 12.1 Å². The number of amides is 1. The number of para-hydroxylation sites is 2. The number of aromatic nitrogens is 2. The Hall–Kier alpha value is -2.27. The van der Waals surface area contributed by atoms with Gasteiger partial charge in [-0.05, 0) is 49.1 Å². The van der Waals surface area contributed by atoms with Crippen molar-refractivity contribution >= 4 is 28.7 Å². The maximum absolute atomic E-state index is 12.1. The van der Waals surface area contributed by atoms with Crippen LogP contribution in [0.15, 0.2) is 53.4 Å². The molecule has 1 aromatic heterocycles. The van der Waals surface area contributed by atoms with E-state index in [9.17, 15) is 4.79 Å². The van der Waals surface area contributed by atoms with E-state index >= 15 is 0 Å². The molecule has 0 spiro atoms. The van der Waals surface area contributed by atoms with Crippen LogP contribution in [0.5, 0.6) is 0 Å². The van der Waals surface area contributed by atoms with Crippen LogP contribution in [0.1, 0.15) is 22.6 Å². The molecule has 2 N–H and O–H groups in total. The summed E-state index contributed by atoms with van der Waals surface area (Å²) in [6.45, 7) is 0.639. The van der Waals surface area contributed by atoms with Gasteiger partial charge in [0.2, 0.25) is 0 Å². The first-order valence-electron chi connectivity index (χ1n) is 7.62. The van der Waals surface area contributed by atoms with E-state index < -0.39 is 0 Å². The molecule has 3 aromatic rings. The van der Waals surface area contributed by atoms with Crippen LogP contribution in [0.2, 0.25) is 0 Å². The highest BCUT2D eigenvalue weighted by Crippen LogP contribution is 2.15. The molecule has 0 saturated carbocycles. The highest BCUT2D eigenvalue weighted by Gasteiger charge is 2.05. The van der Waals surface area contributed by atoms with Crippen LogP contribution in [0.4, 0.5) is 0 Å². The maximum Gasteiger partial charge on any atom is 0.251 e. The SMILES string of the molecule is CSc1ccc(C(=O)NCCCc2nc3ccccc3[nH]2)cc1. The van der Waals surface area contributed by atoms with Crippen LogP contribution >= 0.6 is 11.8 Å². The molecule has 1 heterocycles. The maximum atomic E-state index is 12.1. The summed E-state index contributed by atoms with van der Waals surface area (Å²) in [6.07, 6.45) is 3.70. The molecule has 0 unspecified atom stereocenters. The van der Waals surface area contributed by atoms with Gasteiger partial charge in [-0.1, -0.05) is 12.1 Å². The molecular formula is C18H19N3OS. The third-order valence-corrected chi connectivity index (χ3v) is 4.41. The second-order valence-corrected chi connectivity index (χ2v) is 6.17. The minimum Gasteiger partial charge on any atom is -0.352 e. The largest absolute Gasteiger partial charge is 0.352 e. The van der Waals surface area contributed by atoms with Crippen molar-refractivity contribution in [3.05, 3.63) is 59.9 Å². The van der Waals surface area contributed by atoms with Crippen molar-refractivity contribution < 1.29 is 4.79 Å². The zero-order valence-corrected chi connectivity index (χ0v) is 13.8. The van der Waals surface area contributed by atoms with Crippen molar-refractivity contribution in [2.45, 2.75) is 17.7 Å². The number of imidazole rings is 1. The summed E-state index contributed by atoms with van der Waals surface area (Å²) in [4.78, 5) is 21.1. The lowest BCUT2D eigenvalue weighted by molar-refractivity contribution is 0.0953. The molecule has 1 amide bonds. The first-order valence-corrected chi connectivity index (χ1v) is 8.84. The van der Waals surface area contributed by atoms with E-state index in [1.165, 1.54) is 0 Å². The van der Waals surface area contributed by atoms with Gasteiger partial charge < -0.3 is 10.3 Å². The third-order valence-electron chi connectivity index (χ3n) is 3.67. The summed E-state index contributed by atoms with van der Waals surface area (Å²) in [7, 11) is 0. The van der Waals surface area contributed by atoms with E-state index in [2.05, 4.69) is 15.3 Å². The van der Waals surface area contributed by atoms with Crippen molar-refractivity contribution in [3.63, 3.8) is 0 Å². The van der Waals surface area contributed by atoms with Crippen molar-refractivity contribution in [1.82, 2.24) is 15.3 Å².